The van der Waals surface area contributed by atoms with E-state index in [1.807, 2.05) is 0 Å². The van der Waals surface area contributed by atoms with Crippen molar-refractivity contribution in [3.8, 4) is 0 Å². The van der Waals surface area contributed by atoms with Gasteiger partial charge in [-0.3, -0.25) is 0 Å². The first-order chi connectivity index (χ1) is 7.22. The number of hydrogen-bond acceptors (Lipinski definition) is 0. The molecule has 0 radical (unpaired) electrons. The van der Waals surface area contributed by atoms with E-state index in [4.69, 9.17) is 0 Å². The first-order valence-electron chi connectivity index (χ1n) is 7.22. The highest BCUT2D eigenvalue weighted by molar-refractivity contribution is 4.94. The van der Waals surface area contributed by atoms with Crippen molar-refractivity contribution in [3.05, 3.63) is 0 Å². The van der Waals surface area contributed by atoms with Crippen LogP contribution in [0.25, 0.3) is 0 Å². The van der Waals surface area contributed by atoms with E-state index in [0.717, 1.165) is 17.8 Å². The van der Waals surface area contributed by atoms with Crippen molar-refractivity contribution >= 4 is 0 Å². The van der Waals surface area contributed by atoms with Crippen LogP contribution >= 0.6 is 0 Å². The maximum atomic E-state index is 2.45. The Morgan fingerprint density at radius 2 is 0.941 bits per heavy atom. The monoisotopic (exact) mass is 240 g/mol. The van der Waals surface area contributed by atoms with Crippen LogP contribution in [0.4, 0.5) is 0 Å². The Morgan fingerprint density at radius 1 is 0.588 bits per heavy atom. The van der Waals surface area contributed by atoms with Crippen LogP contribution in [-0.2, 0) is 0 Å². The molecule has 0 saturated heterocycles. The Balaban J connectivity index is 5.47. The van der Waals surface area contributed by atoms with Crippen molar-refractivity contribution in [1.82, 2.24) is 0 Å². The van der Waals surface area contributed by atoms with Crippen LogP contribution in [0.1, 0.15) is 76.2 Å². The molecule has 0 rings (SSSR count). The Hall–Kier alpha value is 0. The van der Waals surface area contributed by atoms with Crippen LogP contribution in [0, 0.1) is 34.0 Å². The van der Waals surface area contributed by atoms with Crippen LogP contribution in [-0.4, -0.2) is 0 Å². The minimum atomic E-state index is 0.362. The molecule has 104 valence electrons. The third kappa shape index (κ3) is 4.00. The van der Waals surface area contributed by atoms with Gasteiger partial charge in [0.2, 0.25) is 0 Å². The molecule has 17 heavy (non-hydrogen) atoms. The summed E-state index contributed by atoms with van der Waals surface area (Å²) in [5, 5.41) is 0. The summed E-state index contributed by atoms with van der Waals surface area (Å²) in [6.07, 6.45) is 0. The topological polar surface area (TPSA) is 0 Å². The van der Waals surface area contributed by atoms with Gasteiger partial charge in [0, 0.05) is 0 Å². The van der Waals surface area contributed by atoms with Crippen molar-refractivity contribution in [2.75, 3.05) is 0 Å². The van der Waals surface area contributed by atoms with Gasteiger partial charge in [0.25, 0.3) is 0 Å². The van der Waals surface area contributed by atoms with Gasteiger partial charge in [-0.1, -0.05) is 76.2 Å². The lowest BCUT2D eigenvalue weighted by atomic mass is 9.53. The molecule has 0 fully saturated rings. The van der Waals surface area contributed by atoms with Gasteiger partial charge < -0.3 is 0 Å². The van der Waals surface area contributed by atoms with Gasteiger partial charge in [0.15, 0.2) is 0 Å². The van der Waals surface area contributed by atoms with Gasteiger partial charge in [-0.25, -0.2) is 0 Å². The summed E-state index contributed by atoms with van der Waals surface area (Å²) in [5.41, 5.74) is 1.12. The van der Waals surface area contributed by atoms with Crippen molar-refractivity contribution in [1.29, 1.82) is 0 Å². The van der Waals surface area contributed by atoms with E-state index in [-0.39, 0.29) is 0 Å². The molecule has 0 heteroatoms. The summed E-state index contributed by atoms with van der Waals surface area (Å²) in [7, 11) is 0. The summed E-state index contributed by atoms with van der Waals surface area (Å²) >= 11 is 0. The fraction of sp³-hybridized carbons (Fsp3) is 1.00. The average molecular weight is 240 g/mol. The summed E-state index contributed by atoms with van der Waals surface area (Å²) in [6.45, 7) is 26.5. The Kier molecular flexibility index (Phi) is 4.94. The van der Waals surface area contributed by atoms with Crippen LogP contribution in [0.2, 0.25) is 0 Å². The van der Waals surface area contributed by atoms with Crippen LogP contribution in [0.3, 0.4) is 0 Å². The van der Waals surface area contributed by atoms with Gasteiger partial charge in [-0.15, -0.1) is 0 Å². The lowest BCUT2D eigenvalue weighted by Gasteiger charge is -2.52. The third-order valence-corrected chi connectivity index (χ3v) is 5.09. The molecule has 0 N–H and O–H groups in total. The van der Waals surface area contributed by atoms with Gasteiger partial charge in [-0.2, -0.15) is 0 Å². The van der Waals surface area contributed by atoms with E-state index in [0.29, 0.717) is 16.2 Å². The van der Waals surface area contributed by atoms with E-state index in [2.05, 4.69) is 76.2 Å². The molecule has 0 aliphatic carbocycles. The molecule has 0 spiro atoms. The molecule has 0 aliphatic rings. The van der Waals surface area contributed by atoms with Crippen molar-refractivity contribution in [2.45, 2.75) is 76.2 Å². The Labute approximate surface area is 111 Å². The maximum absolute atomic E-state index is 2.45. The zero-order chi connectivity index (χ0) is 14.2. The molecule has 0 nitrogen and oxygen atoms in total. The molecule has 0 aromatic carbocycles. The fourth-order valence-corrected chi connectivity index (χ4v) is 3.37. The van der Waals surface area contributed by atoms with E-state index in [1.54, 1.807) is 0 Å². The summed E-state index contributed by atoms with van der Waals surface area (Å²) in [5.74, 6) is 2.17. The van der Waals surface area contributed by atoms with Crippen molar-refractivity contribution in [3.63, 3.8) is 0 Å². The van der Waals surface area contributed by atoms with Gasteiger partial charge >= 0.3 is 0 Å². The van der Waals surface area contributed by atoms with Gasteiger partial charge in [0.05, 0.1) is 0 Å². The molecule has 0 bridgehead atoms. The second-order valence-corrected chi connectivity index (χ2v) is 8.97. The Bertz CT molecular complexity index is 232. The lowest BCUT2D eigenvalue weighted by molar-refractivity contribution is -0.0341. The largest absolute Gasteiger partial charge is 0.0623 e. The number of rotatable bonds is 3. The van der Waals surface area contributed by atoms with Crippen LogP contribution in [0.15, 0.2) is 0 Å². The predicted molar refractivity (Wildman–Crippen MR) is 80.2 cm³/mol. The second kappa shape index (κ2) is 4.94. The van der Waals surface area contributed by atoms with Crippen molar-refractivity contribution < 1.29 is 0 Å². The zero-order valence-corrected chi connectivity index (χ0v) is 14.2. The van der Waals surface area contributed by atoms with E-state index in [1.165, 1.54) is 0 Å². The predicted octanol–water partition coefficient (Wildman–Crippen LogP) is 6.01. The van der Waals surface area contributed by atoms with E-state index in [9.17, 15) is 0 Å². The molecule has 0 heterocycles. The molecule has 2 atom stereocenters. The summed E-state index contributed by atoms with van der Waals surface area (Å²) in [6, 6.07) is 0. The molecule has 0 amide bonds. The fourth-order valence-electron chi connectivity index (χ4n) is 3.37. The molecule has 0 aliphatic heterocycles. The van der Waals surface area contributed by atoms with Crippen LogP contribution < -0.4 is 0 Å². The molecule has 0 aromatic heterocycles. The minimum absolute atomic E-state index is 0.362. The SMILES string of the molecule is CC(C(C(C)(C)C)C(C)(C)C(C)C)C(C)(C)C. The summed E-state index contributed by atoms with van der Waals surface area (Å²) in [4.78, 5) is 0. The minimum Gasteiger partial charge on any atom is -0.0623 e. The quantitative estimate of drug-likeness (QED) is 0.566. The standard InChI is InChI=1S/C17H36/c1-12(2)17(10,11)14(16(7,8)9)13(3)15(4,5)6/h12-14H,1-11H3. The van der Waals surface area contributed by atoms with E-state index >= 15 is 0 Å². The highest BCUT2D eigenvalue weighted by Gasteiger charge is 2.45. The molecule has 0 aromatic rings. The second-order valence-electron chi connectivity index (χ2n) is 8.97. The lowest BCUT2D eigenvalue weighted by Crippen LogP contribution is -2.45. The van der Waals surface area contributed by atoms with Crippen molar-refractivity contribution in [2.24, 2.45) is 34.0 Å². The first-order valence-corrected chi connectivity index (χ1v) is 7.22. The maximum Gasteiger partial charge on any atom is -0.0281 e. The van der Waals surface area contributed by atoms with Crippen LogP contribution in [0.5, 0.6) is 0 Å². The molecular weight excluding hydrogens is 204 g/mol. The first kappa shape index (κ1) is 17.0. The highest BCUT2D eigenvalue weighted by atomic mass is 14.5. The number of hydrogen-bond donors (Lipinski definition) is 0. The molecular formula is C17H36. The summed E-state index contributed by atoms with van der Waals surface area (Å²) < 4.78 is 0. The smallest absolute Gasteiger partial charge is 0.0281 e. The van der Waals surface area contributed by atoms with E-state index < -0.39 is 0 Å². The normalized spacial score (nSPS) is 18.4. The average Bonchev–Trinajstić information content (AvgIpc) is 1.98. The molecule has 0 saturated carbocycles. The zero-order valence-electron chi connectivity index (χ0n) is 14.2. The molecule has 2 unspecified atom stereocenters. The third-order valence-electron chi connectivity index (χ3n) is 5.09. The highest BCUT2D eigenvalue weighted by Crippen LogP contribution is 2.52. The van der Waals surface area contributed by atoms with Gasteiger partial charge in [-0.05, 0) is 34.0 Å². The van der Waals surface area contributed by atoms with Gasteiger partial charge in [0.1, 0.15) is 0 Å². The Morgan fingerprint density at radius 3 is 1.12 bits per heavy atom.